The zero-order valence-electron chi connectivity index (χ0n) is 8.93. The SMILES string of the molecule is O.O.O.O.O.O=C(O)CC(O)(CC(=O)O)C(=O)O.[CaH2]. The summed E-state index contributed by atoms with van der Waals surface area (Å²) in [5.74, 6) is -5.02. The number of hydrogen-bond acceptors (Lipinski definition) is 4. The molecule has 0 bridgehead atoms. The van der Waals surface area contributed by atoms with Gasteiger partial charge in [0.2, 0.25) is 0 Å². The third-order valence-corrected chi connectivity index (χ3v) is 1.29. The molecule has 0 heterocycles. The molecule has 0 aromatic carbocycles. The summed E-state index contributed by atoms with van der Waals surface area (Å²) in [4.78, 5) is 30.5. The van der Waals surface area contributed by atoms with Gasteiger partial charge >= 0.3 is 55.6 Å². The molecule has 0 spiro atoms. The molecule has 0 atom stereocenters. The van der Waals surface area contributed by atoms with Crippen molar-refractivity contribution in [2.45, 2.75) is 18.4 Å². The van der Waals surface area contributed by atoms with E-state index in [4.69, 9.17) is 20.4 Å². The molecule has 0 amide bonds. The van der Waals surface area contributed by atoms with Gasteiger partial charge in [-0.25, -0.2) is 4.79 Å². The van der Waals surface area contributed by atoms with Gasteiger partial charge in [-0.05, 0) is 0 Å². The van der Waals surface area contributed by atoms with Gasteiger partial charge in [0.05, 0.1) is 12.8 Å². The van der Waals surface area contributed by atoms with Gasteiger partial charge in [-0.3, -0.25) is 9.59 Å². The fraction of sp³-hybridized carbons (Fsp3) is 0.500. The molecule has 0 aromatic rings. The first-order chi connectivity index (χ1) is 5.78. The molecule has 0 aliphatic rings. The van der Waals surface area contributed by atoms with Crippen molar-refractivity contribution in [3.05, 3.63) is 0 Å². The summed E-state index contributed by atoms with van der Waals surface area (Å²) < 4.78 is 0. The predicted octanol–water partition coefficient (Wildman–Crippen LogP) is -6.29. The molecule has 0 unspecified atom stereocenters. The Labute approximate surface area is 136 Å². The van der Waals surface area contributed by atoms with Crippen molar-refractivity contribution in [1.29, 1.82) is 0 Å². The van der Waals surface area contributed by atoms with Gasteiger partial charge in [-0.15, -0.1) is 0 Å². The maximum atomic E-state index is 10.3. The fourth-order valence-electron chi connectivity index (χ4n) is 0.714. The molecule has 0 saturated carbocycles. The molecule has 118 valence electrons. The number of carboxylic acids is 3. The third kappa shape index (κ3) is 17.4. The average Bonchev–Trinajstić information content (AvgIpc) is 1.82. The number of aliphatic hydroxyl groups is 1. The fourth-order valence-corrected chi connectivity index (χ4v) is 0.714. The van der Waals surface area contributed by atoms with Crippen molar-refractivity contribution in [2.24, 2.45) is 0 Å². The van der Waals surface area contributed by atoms with Gasteiger partial charge in [0, 0.05) is 0 Å². The second-order valence-corrected chi connectivity index (χ2v) is 2.48. The van der Waals surface area contributed by atoms with E-state index in [9.17, 15) is 14.4 Å². The van der Waals surface area contributed by atoms with E-state index in [0.717, 1.165) is 0 Å². The molecule has 0 aliphatic carbocycles. The molecule has 19 heavy (non-hydrogen) atoms. The number of rotatable bonds is 5. The van der Waals surface area contributed by atoms with Crippen LogP contribution in [0.4, 0.5) is 0 Å². The third-order valence-electron chi connectivity index (χ3n) is 1.29. The Hall–Kier alpha value is -0.570. The Morgan fingerprint density at radius 2 is 0.947 bits per heavy atom. The molecular weight excluding hydrogens is 304 g/mol. The molecule has 0 fully saturated rings. The quantitative estimate of drug-likeness (QED) is 0.354. The first-order valence-electron chi connectivity index (χ1n) is 3.17. The number of carboxylic acid groups (broad SMARTS) is 3. The maximum absolute atomic E-state index is 10.3. The summed E-state index contributed by atoms with van der Waals surface area (Å²) in [6.07, 6.45) is -2.29. The van der Waals surface area contributed by atoms with Crippen LogP contribution in [-0.2, 0) is 14.4 Å². The van der Waals surface area contributed by atoms with Crippen molar-refractivity contribution < 1.29 is 62.2 Å². The second kappa shape index (κ2) is 17.4. The van der Waals surface area contributed by atoms with Crippen LogP contribution >= 0.6 is 0 Å². The first-order valence-corrected chi connectivity index (χ1v) is 3.17. The van der Waals surface area contributed by atoms with Gasteiger partial charge in [0.15, 0.2) is 5.60 Å². The average molecular weight is 324 g/mol. The van der Waals surface area contributed by atoms with Gasteiger partial charge in [-0.1, -0.05) is 0 Å². The van der Waals surface area contributed by atoms with Gasteiger partial charge < -0.3 is 47.8 Å². The van der Waals surface area contributed by atoms with Crippen LogP contribution in [0.15, 0.2) is 0 Å². The van der Waals surface area contributed by atoms with Crippen LogP contribution in [0.25, 0.3) is 0 Å². The summed E-state index contributed by atoms with van der Waals surface area (Å²) in [6, 6.07) is 0. The first kappa shape index (κ1) is 42.9. The second-order valence-electron chi connectivity index (χ2n) is 2.48. The molecule has 0 saturated heterocycles. The molecule has 0 rings (SSSR count). The van der Waals surface area contributed by atoms with Crippen molar-refractivity contribution in [1.82, 2.24) is 0 Å². The minimum absolute atomic E-state index is 0. The molecule has 0 radical (unpaired) electrons. The van der Waals surface area contributed by atoms with Crippen molar-refractivity contribution in [3.63, 3.8) is 0 Å². The standard InChI is InChI=1S/C6H8O7.Ca.5H2O.2H/c7-3(8)1-6(13,5(11)12)2-4(9)10;;;;;;;;/h13H,1-2H2,(H,7,8)(H,9,10)(H,11,12);;5*1H2;;. The van der Waals surface area contributed by atoms with E-state index >= 15 is 0 Å². The summed E-state index contributed by atoms with van der Waals surface area (Å²) in [7, 11) is 0. The summed E-state index contributed by atoms with van der Waals surface area (Å²) >= 11 is 0. The van der Waals surface area contributed by atoms with E-state index in [0.29, 0.717) is 0 Å². The predicted molar refractivity (Wildman–Crippen MR) is 63.7 cm³/mol. The summed E-state index contributed by atoms with van der Waals surface area (Å²) in [5.41, 5.74) is -2.74. The van der Waals surface area contributed by atoms with E-state index < -0.39 is 36.4 Å². The number of aliphatic carboxylic acids is 3. The van der Waals surface area contributed by atoms with Crippen LogP contribution in [0, 0.1) is 0 Å². The van der Waals surface area contributed by atoms with Crippen LogP contribution in [0.1, 0.15) is 12.8 Å². The zero-order valence-corrected chi connectivity index (χ0v) is 8.93. The molecule has 0 aromatic heterocycles. The van der Waals surface area contributed by atoms with Crippen molar-refractivity contribution >= 4 is 55.6 Å². The van der Waals surface area contributed by atoms with Crippen LogP contribution in [0.5, 0.6) is 0 Å². The van der Waals surface area contributed by atoms with E-state index in [1.54, 1.807) is 0 Å². The number of hydrogen-bond donors (Lipinski definition) is 4. The zero-order chi connectivity index (χ0) is 10.6. The minimum atomic E-state index is -2.74. The van der Waals surface area contributed by atoms with Crippen LogP contribution in [0.3, 0.4) is 0 Å². The van der Waals surface area contributed by atoms with Crippen molar-refractivity contribution in [3.8, 4) is 0 Å². The number of carbonyl (C=O) groups is 3. The monoisotopic (exact) mass is 324 g/mol. The molecule has 14 N–H and O–H groups in total. The van der Waals surface area contributed by atoms with E-state index in [1.807, 2.05) is 0 Å². The Morgan fingerprint density at radius 1 is 0.737 bits per heavy atom. The molecular formula is C6H20CaO12. The molecule has 12 nitrogen and oxygen atoms in total. The Bertz CT molecular complexity index is 237. The van der Waals surface area contributed by atoms with Gasteiger partial charge in [0.1, 0.15) is 0 Å². The van der Waals surface area contributed by atoms with Gasteiger partial charge in [0.25, 0.3) is 0 Å². The Balaban J connectivity index is -0.0000000480. The van der Waals surface area contributed by atoms with Gasteiger partial charge in [-0.2, -0.15) is 0 Å². The van der Waals surface area contributed by atoms with Crippen LogP contribution < -0.4 is 0 Å². The van der Waals surface area contributed by atoms with Crippen molar-refractivity contribution in [2.75, 3.05) is 0 Å². The topological polar surface area (TPSA) is 290 Å². The van der Waals surface area contributed by atoms with E-state index in [-0.39, 0.29) is 65.1 Å². The van der Waals surface area contributed by atoms with Crippen LogP contribution in [-0.4, -0.2) is 109 Å². The van der Waals surface area contributed by atoms with E-state index in [2.05, 4.69) is 0 Å². The normalized spacial score (nSPS) is 7.42. The Kier molecular flexibility index (Phi) is 39.3. The summed E-state index contributed by atoms with van der Waals surface area (Å²) in [5, 5.41) is 33.8. The van der Waals surface area contributed by atoms with Crippen LogP contribution in [0.2, 0.25) is 0 Å². The molecule has 13 heteroatoms. The Morgan fingerprint density at radius 3 is 1.05 bits per heavy atom. The molecule has 0 aliphatic heterocycles. The summed E-state index contributed by atoms with van der Waals surface area (Å²) in [6.45, 7) is 0. The van der Waals surface area contributed by atoms with E-state index in [1.165, 1.54) is 0 Å².